The summed E-state index contributed by atoms with van der Waals surface area (Å²) >= 11 is 0. The van der Waals surface area contributed by atoms with E-state index in [0.29, 0.717) is 0 Å². The molecule has 1 aliphatic rings. The highest BCUT2D eigenvalue weighted by Gasteiger charge is 2.17. The first-order valence-electron chi connectivity index (χ1n) is 18.2. The number of aromatic nitrogens is 2. The Bertz CT molecular complexity index is 3060. The summed E-state index contributed by atoms with van der Waals surface area (Å²) < 4.78 is 4.85. The Hall–Kier alpha value is -6.64. The van der Waals surface area contributed by atoms with Crippen LogP contribution in [0.15, 0.2) is 176 Å². The van der Waals surface area contributed by atoms with E-state index >= 15 is 0 Å². The van der Waals surface area contributed by atoms with Gasteiger partial charge in [0.1, 0.15) is 0 Å². The molecule has 2 heterocycles. The topological polar surface area (TPSA) is 9.86 Å². The van der Waals surface area contributed by atoms with E-state index in [0.717, 1.165) is 18.5 Å². The Kier molecular flexibility index (Phi) is 6.41. The molecule has 2 heteroatoms. The number of aryl methyl sites for hydroxylation is 1. The van der Waals surface area contributed by atoms with E-state index in [4.69, 9.17) is 0 Å². The quantitative estimate of drug-likeness (QED) is 0.177. The summed E-state index contributed by atoms with van der Waals surface area (Å²) in [5.74, 6) is 0. The van der Waals surface area contributed by atoms with Gasteiger partial charge in [0.15, 0.2) is 0 Å². The largest absolute Gasteiger partial charge is 0.309 e. The summed E-state index contributed by atoms with van der Waals surface area (Å²) in [4.78, 5) is 0. The van der Waals surface area contributed by atoms with Crippen LogP contribution in [0.3, 0.4) is 0 Å². The third kappa shape index (κ3) is 4.51. The summed E-state index contributed by atoms with van der Waals surface area (Å²) in [6, 6.07) is 62.8. The average molecular weight is 663 g/mol. The minimum absolute atomic E-state index is 1.09. The van der Waals surface area contributed by atoms with Gasteiger partial charge in [-0.1, -0.05) is 115 Å². The van der Waals surface area contributed by atoms with E-state index in [2.05, 4.69) is 191 Å². The molecule has 0 aliphatic heterocycles. The first-order chi connectivity index (χ1) is 25.8. The number of para-hydroxylation sites is 2. The summed E-state index contributed by atoms with van der Waals surface area (Å²) in [5.41, 5.74) is 15.0. The number of nitrogens with zero attached hydrogens (tertiary/aromatic N) is 2. The Morgan fingerprint density at radius 3 is 1.62 bits per heavy atom. The molecule has 0 N–H and O–H groups in total. The maximum atomic E-state index is 2.44. The number of hydrogen-bond acceptors (Lipinski definition) is 0. The number of hydrogen-bond donors (Lipinski definition) is 0. The first-order valence-corrected chi connectivity index (χ1v) is 18.2. The molecule has 8 aromatic carbocycles. The third-order valence-corrected chi connectivity index (χ3v) is 11.1. The minimum atomic E-state index is 1.09. The van der Waals surface area contributed by atoms with Gasteiger partial charge in [-0.25, -0.2) is 0 Å². The van der Waals surface area contributed by atoms with Crippen molar-refractivity contribution in [1.29, 1.82) is 0 Å². The second-order valence-corrected chi connectivity index (χ2v) is 14.1. The Morgan fingerprint density at radius 1 is 0.365 bits per heavy atom. The van der Waals surface area contributed by atoms with E-state index in [9.17, 15) is 0 Å². The summed E-state index contributed by atoms with van der Waals surface area (Å²) in [6.45, 7) is 0. The number of allylic oxidation sites excluding steroid dienone is 1. The lowest BCUT2D eigenvalue weighted by Gasteiger charge is -2.14. The van der Waals surface area contributed by atoms with Crippen LogP contribution in [0, 0.1) is 0 Å². The monoisotopic (exact) mass is 662 g/mol. The van der Waals surface area contributed by atoms with Crippen molar-refractivity contribution >= 4 is 60.5 Å². The van der Waals surface area contributed by atoms with Crippen LogP contribution in [-0.2, 0) is 6.42 Å². The van der Waals surface area contributed by atoms with Gasteiger partial charge in [0.05, 0.1) is 22.1 Å². The standard InChI is InChI=1S/C50H34N2/c1-3-11-36-29-38(18-17-33(36)9-1)35-19-24-41(25-20-35)51-47-15-7-5-13-43(47)45-31-39(22-27-49(45)51)40-23-28-50-46(32-40)44-14-6-8-16-48(44)52(50)42-26-21-34-10-2-4-12-37(34)30-42/h1-3,5-11,13-32H,4,12H2. The average Bonchev–Trinajstić information content (AvgIpc) is 3.73. The highest BCUT2D eigenvalue weighted by molar-refractivity contribution is 6.12. The molecule has 0 radical (unpaired) electrons. The van der Waals surface area contributed by atoms with Crippen LogP contribution in [0.5, 0.6) is 0 Å². The van der Waals surface area contributed by atoms with Gasteiger partial charge in [-0.3, -0.25) is 0 Å². The summed E-state index contributed by atoms with van der Waals surface area (Å²) in [7, 11) is 0. The molecule has 0 unspecified atom stereocenters. The molecule has 52 heavy (non-hydrogen) atoms. The van der Waals surface area contributed by atoms with Gasteiger partial charge >= 0.3 is 0 Å². The van der Waals surface area contributed by atoms with Gasteiger partial charge < -0.3 is 9.13 Å². The third-order valence-electron chi connectivity index (χ3n) is 11.1. The molecule has 0 spiro atoms. The molecule has 0 saturated heterocycles. The fourth-order valence-corrected chi connectivity index (χ4v) is 8.59. The number of fused-ring (bicyclic) bond motifs is 8. The zero-order chi connectivity index (χ0) is 34.2. The Morgan fingerprint density at radius 2 is 0.904 bits per heavy atom. The molecule has 0 atom stereocenters. The van der Waals surface area contributed by atoms with Crippen LogP contribution < -0.4 is 0 Å². The van der Waals surface area contributed by atoms with E-state index in [1.807, 2.05) is 0 Å². The van der Waals surface area contributed by atoms with Crippen molar-refractivity contribution in [3.8, 4) is 33.6 Å². The van der Waals surface area contributed by atoms with Crippen molar-refractivity contribution < 1.29 is 0 Å². The maximum Gasteiger partial charge on any atom is 0.0541 e. The zero-order valence-electron chi connectivity index (χ0n) is 28.6. The fourth-order valence-electron chi connectivity index (χ4n) is 8.59. The smallest absolute Gasteiger partial charge is 0.0541 e. The van der Waals surface area contributed by atoms with Crippen molar-refractivity contribution in [3.63, 3.8) is 0 Å². The predicted molar refractivity (Wildman–Crippen MR) is 221 cm³/mol. The number of rotatable bonds is 4. The molecule has 1 aliphatic carbocycles. The van der Waals surface area contributed by atoms with Crippen LogP contribution >= 0.6 is 0 Å². The highest BCUT2D eigenvalue weighted by Crippen LogP contribution is 2.39. The van der Waals surface area contributed by atoms with Crippen molar-refractivity contribution in [2.24, 2.45) is 0 Å². The van der Waals surface area contributed by atoms with Gasteiger partial charge in [-0.05, 0) is 124 Å². The maximum absolute atomic E-state index is 2.44. The molecule has 0 bridgehead atoms. The molecule has 2 aromatic heterocycles. The highest BCUT2D eigenvalue weighted by atomic mass is 15.0. The molecule has 2 nitrogen and oxygen atoms in total. The van der Waals surface area contributed by atoms with Gasteiger partial charge in [0.2, 0.25) is 0 Å². The van der Waals surface area contributed by atoms with Crippen LogP contribution in [0.4, 0.5) is 0 Å². The van der Waals surface area contributed by atoms with Gasteiger partial charge in [0.25, 0.3) is 0 Å². The SMILES string of the molecule is C1=Cc2ccc(-n3c4ccccc4c4cc(-c5ccc6c(c5)c5ccccc5n6-c5ccc(-c6ccc7ccccc7c6)cc5)ccc43)cc2CC1. The lowest BCUT2D eigenvalue weighted by molar-refractivity contribution is 0.979. The number of benzene rings is 8. The van der Waals surface area contributed by atoms with Crippen molar-refractivity contribution in [3.05, 3.63) is 187 Å². The lowest BCUT2D eigenvalue weighted by Crippen LogP contribution is -1.99. The minimum Gasteiger partial charge on any atom is -0.309 e. The van der Waals surface area contributed by atoms with E-state index < -0.39 is 0 Å². The van der Waals surface area contributed by atoms with E-state index in [1.54, 1.807) is 0 Å². The van der Waals surface area contributed by atoms with Crippen molar-refractivity contribution in [2.75, 3.05) is 0 Å². The molecule has 11 rings (SSSR count). The van der Waals surface area contributed by atoms with E-state index in [-0.39, 0.29) is 0 Å². The van der Waals surface area contributed by atoms with Crippen molar-refractivity contribution in [2.45, 2.75) is 12.8 Å². The summed E-state index contributed by atoms with van der Waals surface area (Å²) in [6.07, 6.45) is 6.74. The predicted octanol–water partition coefficient (Wildman–Crippen LogP) is 13.3. The van der Waals surface area contributed by atoms with Gasteiger partial charge in [-0.2, -0.15) is 0 Å². The first kappa shape index (κ1) is 29.1. The zero-order valence-corrected chi connectivity index (χ0v) is 28.6. The Balaban J connectivity index is 1.02. The molecule has 0 saturated carbocycles. The normalized spacial score (nSPS) is 12.8. The van der Waals surface area contributed by atoms with Crippen LogP contribution in [0.25, 0.3) is 94.1 Å². The van der Waals surface area contributed by atoms with Crippen LogP contribution in [0.1, 0.15) is 17.5 Å². The Labute approximate surface area is 302 Å². The van der Waals surface area contributed by atoms with Gasteiger partial charge in [-0.15, -0.1) is 0 Å². The lowest BCUT2D eigenvalue weighted by atomic mass is 9.97. The van der Waals surface area contributed by atoms with Gasteiger partial charge in [0, 0.05) is 32.9 Å². The molecular weight excluding hydrogens is 629 g/mol. The molecule has 10 aromatic rings. The summed E-state index contributed by atoms with van der Waals surface area (Å²) in [5, 5.41) is 7.61. The van der Waals surface area contributed by atoms with Crippen LogP contribution in [-0.4, -0.2) is 9.13 Å². The fraction of sp³-hybridized carbons (Fsp3) is 0.0400. The molecular formula is C50H34N2. The van der Waals surface area contributed by atoms with E-state index in [1.165, 1.54) is 93.5 Å². The second-order valence-electron chi connectivity index (χ2n) is 14.1. The van der Waals surface area contributed by atoms with Crippen molar-refractivity contribution in [1.82, 2.24) is 9.13 Å². The molecule has 0 amide bonds. The molecule has 244 valence electrons. The second kappa shape index (κ2) is 11.4. The van der Waals surface area contributed by atoms with Crippen LogP contribution in [0.2, 0.25) is 0 Å². The molecule has 0 fully saturated rings.